The van der Waals surface area contributed by atoms with Crippen molar-refractivity contribution in [1.29, 1.82) is 0 Å². The zero-order valence-electron chi connectivity index (χ0n) is 15.3. The molecule has 0 aliphatic heterocycles. The van der Waals surface area contributed by atoms with Gasteiger partial charge < -0.3 is 5.32 Å². The van der Waals surface area contributed by atoms with Crippen molar-refractivity contribution >= 4 is 17.2 Å². The Kier molecular flexibility index (Phi) is 4.95. The van der Waals surface area contributed by atoms with Crippen LogP contribution in [0.25, 0.3) is 5.65 Å². The van der Waals surface area contributed by atoms with E-state index in [1.54, 1.807) is 13.0 Å². The molecule has 0 radical (unpaired) electrons. The molecule has 0 saturated carbocycles. The van der Waals surface area contributed by atoms with Gasteiger partial charge in [0, 0.05) is 11.9 Å². The number of pyridine rings is 1. The Balaban J connectivity index is 2.03. The summed E-state index contributed by atoms with van der Waals surface area (Å²) in [4.78, 5) is 17.1. The molecule has 0 fully saturated rings. The lowest BCUT2D eigenvalue weighted by Crippen LogP contribution is -2.17. The van der Waals surface area contributed by atoms with Crippen LogP contribution >= 0.6 is 0 Å². The molecule has 1 aromatic carbocycles. The van der Waals surface area contributed by atoms with E-state index in [1.807, 2.05) is 18.2 Å². The zero-order chi connectivity index (χ0) is 19.8. The maximum Gasteiger partial charge on any atom is 0.417 e. The first-order chi connectivity index (χ1) is 12.7. The van der Waals surface area contributed by atoms with Crippen LogP contribution < -0.4 is 5.32 Å². The van der Waals surface area contributed by atoms with Gasteiger partial charge in [-0.2, -0.15) is 13.2 Å². The third kappa shape index (κ3) is 3.67. The van der Waals surface area contributed by atoms with E-state index in [1.165, 1.54) is 10.5 Å². The number of nitrogens with zero attached hydrogens (tertiary/aromatic N) is 2. The first-order valence-corrected chi connectivity index (χ1v) is 8.68. The van der Waals surface area contributed by atoms with Gasteiger partial charge in [0.15, 0.2) is 0 Å². The monoisotopic (exact) mass is 375 g/mol. The van der Waals surface area contributed by atoms with Crippen LogP contribution in [0.15, 0.2) is 42.6 Å². The van der Waals surface area contributed by atoms with Gasteiger partial charge in [0.2, 0.25) is 0 Å². The van der Waals surface area contributed by atoms with Crippen molar-refractivity contribution in [1.82, 2.24) is 9.38 Å². The lowest BCUT2D eigenvalue weighted by atomic mass is 9.97. The molecule has 0 aliphatic rings. The first kappa shape index (κ1) is 18.9. The molecule has 27 heavy (non-hydrogen) atoms. The number of alkyl halides is 3. The fourth-order valence-corrected chi connectivity index (χ4v) is 3.05. The van der Waals surface area contributed by atoms with Crippen LogP contribution in [0, 0.1) is 6.92 Å². The second kappa shape index (κ2) is 7.06. The molecule has 142 valence electrons. The minimum Gasteiger partial charge on any atom is -0.320 e. The molecule has 2 heterocycles. The molecule has 7 heteroatoms. The van der Waals surface area contributed by atoms with E-state index in [-0.39, 0.29) is 11.6 Å². The molecule has 1 unspecified atom stereocenters. The van der Waals surface area contributed by atoms with Crippen molar-refractivity contribution in [2.45, 2.75) is 39.3 Å². The smallest absolute Gasteiger partial charge is 0.320 e. The number of fused-ring (bicyclic) bond motifs is 1. The van der Waals surface area contributed by atoms with Gasteiger partial charge >= 0.3 is 6.18 Å². The van der Waals surface area contributed by atoms with E-state index in [9.17, 15) is 18.0 Å². The van der Waals surface area contributed by atoms with E-state index in [0.29, 0.717) is 17.0 Å². The Morgan fingerprint density at radius 1 is 1.22 bits per heavy atom. The van der Waals surface area contributed by atoms with Crippen LogP contribution in [-0.2, 0) is 6.18 Å². The normalized spacial score (nSPS) is 13.0. The number of aromatic nitrogens is 2. The molecule has 0 saturated heterocycles. The topological polar surface area (TPSA) is 46.4 Å². The Morgan fingerprint density at radius 2 is 1.93 bits per heavy atom. The highest BCUT2D eigenvalue weighted by Gasteiger charge is 2.31. The van der Waals surface area contributed by atoms with E-state index >= 15 is 0 Å². The summed E-state index contributed by atoms with van der Waals surface area (Å²) >= 11 is 0. The SMILES string of the molecule is CCC(C)c1ccccc1NC(=O)c1c(C)nc2ccc(C(F)(F)F)cn12. The number of amides is 1. The van der Waals surface area contributed by atoms with Crippen LogP contribution in [0.3, 0.4) is 0 Å². The average Bonchev–Trinajstić information content (AvgIpc) is 2.95. The number of hydrogen-bond donors (Lipinski definition) is 1. The third-order valence-corrected chi connectivity index (χ3v) is 4.69. The average molecular weight is 375 g/mol. The summed E-state index contributed by atoms with van der Waals surface area (Å²) in [5, 5.41) is 2.84. The standard InChI is InChI=1S/C20H20F3N3O/c1-4-12(2)15-7-5-6-8-16(15)25-19(27)18-13(3)24-17-10-9-14(11-26(17)18)20(21,22)23/h5-12H,4H2,1-3H3,(H,25,27). The third-order valence-electron chi connectivity index (χ3n) is 4.69. The van der Waals surface area contributed by atoms with Gasteiger partial charge in [-0.15, -0.1) is 0 Å². The van der Waals surface area contributed by atoms with Crippen molar-refractivity contribution in [2.24, 2.45) is 0 Å². The van der Waals surface area contributed by atoms with Crippen molar-refractivity contribution in [2.75, 3.05) is 5.32 Å². The molecule has 1 N–H and O–H groups in total. The van der Waals surface area contributed by atoms with Gasteiger partial charge in [-0.25, -0.2) is 4.98 Å². The van der Waals surface area contributed by atoms with E-state index in [2.05, 4.69) is 24.1 Å². The van der Waals surface area contributed by atoms with Gasteiger partial charge in [-0.1, -0.05) is 32.0 Å². The molecule has 0 aliphatic carbocycles. The molecular weight excluding hydrogens is 355 g/mol. The summed E-state index contributed by atoms with van der Waals surface area (Å²) < 4.78 is 40.3. The van der Waals surface area contributed by atoms with Crippen molar-refractivity contribution in [3.05, 3.63) is 65.1 Å². The largest absolute Gasteiger partial charge is 0.417 e. The molecular formula is C20H20F3N3O. The second-order valence-corrected chi connectivity index (χ2v) is 6.54. The van der Waals surface area contributed by atoms with Crippen molar-refractivity contribution in [3.8, 4) is 0 Å². The predicted octanol–water partition coefficient (Wildman–Crippen LogP) is 5.43. The lowest BCUT2D eigenvalue weighted by Gasteiger charge is -2.16. The van der Waals surface area contributed by atoms with Crippen molar-refractivity contribution in [3.63, 3.8) is 0 Å². The molecule has 2 aromatic heterocycles. The lowest BCUT2D eigenvalue weighted by molar-refractivity contribution is -0.137. The highest BCUT2D eigenvalue weighted by atomic mass is 19.4. The van der Waals surface area contributed by atoms with Gasteiger partial charge in [0.05, 0.1) is 11.3 Å². The van der Waals surface area contributed by atoms with Crippen LogP contribution in [0.1, 0.15) is 53.5 Å². The van der Waals surface area contributed by atoms with Crippen molar-refractivity contribution < 1.29 is 18.0 Å². The highest BCUT2D eigenvalue weighted by Crippen LogP contribution is 2.30. The number of imidazole rings is 1. The summed E-state index contributed by atoms with van der Waals surface area (Å²) in [6, 6.07) is 9.66. The number of carbonyl (C=O) groups excluding carboxylic acids is 1. The summed E-state index contributed by atoms with van der Waals surface area (Å²) in [5.74, 6) is -0.253. The van der Waals surface area contributed by atoms with Gasteiger partial charge in [0.1, 0.15) is 11.3 Å². The fourth-order valence-electron chi connectivity index (χ4n) is 3.05. The minimum absolute atomic E-state index is 0.0926. The molecule has 1 atom stereocenters. The quantitative estimate of drug-likeness (QED) is 0.661. The van der Waals surface area contributed by atoms with Crippen LogP contribution in [-0.4, -0.2) is 15.3 Å². The number of benzene rings is 1. The second-order valence-electron chi connectivity index (χ2n) is 6.54. The number of anilines is 1. The number of halogens is 3. The maximum atomic E-state index is 13.0. The number of hydrogen-bond acceptors (Lipinski definition) is 2. The molecule has 0 bridgehead atoms. The molecule has 3 aromatic rings. The number of para-hydroxylation sites is 1. The van der Waals surface area contributed by atoms with Gasteiger partial charge in [0.25, 0.3) is 5.91 Å². The summed E-state index contributed by atoms with van der Waals surface area (Å²) in [6.45, 7) is 5.71. The van der Waals surface area contributed by atoms with Gasteiger partial charge in [-0.3, -0.25) is 9.20 Å². The first-order valence-electron chi connectivity index (χ1n) is 8.68. The number of aryl methyl sites for hydroxylation is 1. The van der Waals surface area contributed by atoms with E-state index < -0.39 is 17.6 Å². The van der Waals surface area contributed by atoms with E-state index in [4.69, 9.17) is 0 Å². The summed E-state index contributed by atoms with van der Waals surface area (Å²) in [6.07, 6.45) is -2.69. The maximum absolute atomic E-state index is 13.0. The molecule has 1 amide bonds. The van der Waals surface area contributed by atoms with Crippen LogP contribution in [0.2, 0.25) is 0 Å². The Bertz CT molecular complexity index is 992. The summed E-state index contributed by atoms with van der Waals surface area (Å²) in [5.41, 5.74) is 1.55. The highest BCUT2D eigenvalue weighted by molar-refractivity contribution is 6.04. The fraction of sp³-hybridized carbons (Fsp3) is 0.300. The minimum atomic E-state index is -4.50. The number of carbonyl (C=O) groups is 1. The van der Waals surface area contributed by atoms with Gasteiger partial charge in [-0.05, 0) is 43.0 Å². The predicted molar refractivity (Wildman–Crippen MR) is 98.0 cm³/mol. The summed E-state index contributed by atoms with van der Waals surface area (Å²) in [7, 11) is 0. The zero-order valence-corrected chi connectivity index (χ0v) is 15.3. The van der Waals surface area contributed by atoms with Crippen LogP contribution in [0.5, 0.6) is 0 Å². The molecule has 0 spiro atoms. The molecule has 4 nitrogen and oxygen atoms in total. The number of rotatable bonds is 4. The Labute approximate surface area is 155 Å². The number of nitrogens with one attached hydrogen (secondary N) is 1. The molecule has 3 rings (SSSR count). The van der Waals surface area contributed by atoms with Crippen LogP contribution in [0.4, 0.5) is 18.9 Å². The Hall–Kier alpha value is -2.83. The van der Waals surface area contributed by atoms with E-state index in [0.717, 1.165) is 24.2 Å². The Morgan fingerprint density at radius 3 is 2.59 bits per heavy atom.